The Morgan fingerprint density at radius 3 is 2.29 bits per heavy atom. The van der Waals surface area contributed by atoms with E-state index in [0.717, 1.165) is 25.9 Å². The molecular formula is C15H27N3O3. The number of nitrogens with zero attached hydrogens (tertiary/aromatic N) is 1. The van der Waals surface area contributed by atoms with Crippen LogP contribution in [0.25, 0.3) is 0 Å². The van der Waals surface area contributed by atoms with Crippen LogP contribution in [0, 0.1) is 0 Å². The van der Waals surface area contributed by atoms with Gasteiger partial charge in [-0.3, -0.25) is 4.79 Å². The van der Waals surface area contributed by atoms with Crippen LogP contribution in [-0.4, -0.2) is 53.2 Å². The largest absolute Gasteiger partial charge is 0.444 e. The van der Waals surface area contributed by atoms with Crippen molar-refractivity contribution >= 4 is 12.0 Å². The summed E-state index contributed by atoms with van der Waals surface area (Å²) < 4.78 is 5.24. The van der Waals surface area contributed by atoms with Gasteiger partial charge in [-0.2, -0.15) is 0 Å². The van der Waals surface area contributed by atoms with E-state index < -0.39 is 17.2 Å². The van der Waals surface area contributed by atoms with Crippen molar-refractivity contribution < 1.29 is 14.3 Å². The van der Waals surface area contributed by atoms with Crippen molar-refractivity contribution in [3.8, 4) is 0 Å². The average molecular weight is 297 g/mol. The van der Waals surface area contributed by atoms with Gasteiger partial charge in [0.2, 0.25) is 5.91 Å². The van der Waals surface area contributed by atoms with Crippen molar-refractivity contribution in [2.24, 2.45) is 0 Å². The molecule has 6 heteroatoms. The van der Waals surface area contributed by atoms with Gasteiger partial charge >= 0.3 is 6.09 Å². The molecule has 3 aliphatic rings. The Labute approximate surface area is 126 Å². The molecular weight excluding hydrogens is 270 g/mol. The lowest BCUT2D eigenvalue weighted by molar-refractivity contribution is -0.143. The molecule has 2 N–H and O–H groups in total. The molecule has 0 spiro atoms. The molecule has 2 bridgehead atoms. The van der Waals surface area contributed by atoms with E-state index in [2.05, 4.69) is 10.6 Å². The van der Waals surface area contributed by atoms with E-state index in [1.54, 1.807) is 34.6 Å². The van der Waals surface area contributed by atoms with E-state index in [9.17, 15) is 9.59 Å². The molecule has 0 radical (unpaired) electrons. The van der Waals surface area contributed by atoms with Crippen LogP contribution in [0.2, 0.25) is 0 Å². The Kier molecular flexibility index (Phi) is 4.19. The maximum Gasteiger partial charge on any atom is 0.408 e. The van der Waals surface area contributed by atoms with E-state index >= 15 is 0 Å². The predicted molar refractivity (Wildman–Crippen MR) is 80.0 cm³/mol. The number of rotatable bonds is 2. The van der Waals surface area contributed by atoms with E-state index in [-0.39, 0.29) is 11.9 Å². The summed E-state index contributed by atoms with van der Waals surface area (Å²) in [6.45, 7) is 10.4. The number of alkyl carbamates (subject to hydrolysis) is 1. The number of piperazine rings is 1. The van der Waals surface area contributed by atoms with Crippen molar-refractivity contribution in [2.45, 2.75) is 70.7 Å². The molecule has 3 rings (SSSR count). The maximum absolute atomic E-state index is 12.7. The fourth-order valence-electron chi connectivity index (χ4n) is 2.93. The number of hydrogen-bond acceptors (Lipinski definition) is 4. The molecule has 0 aromatic carbocycles. The molecule has 0 aromatic heterocycles. The second-order valence-electron chi connectivity index (χ2n) is 7.55. The topological polar surface area (TPSA) is 70.7 Å². The van der Waals surface area contributed by atoms with Gasteiger partial charge in [0.1, 0.15) is 11.1 Å². The highest BCUT2D eigenvalue weighted by Crippen LogP contribution is 2.25. The van der Waals surface area contributed by atoms with Gasteiger partial charge in [0.15, 0.2) is 0 Å². The highest BCUT2D eigenvalue weighted by Gasteiger charge is 2.42. The third kappa shape index (κ3) is 3.87. The molecule has 120 valence electrons. The monoisotopic (exact) mass is 297 g/mol. The molecule has 3 aliphatic heterocycles. The second kappa shape index (κ2) is 5.48. The minimum atomic E-state index is -0.959. The zero-order valence-corrected chi connectivity index (χ0v) is 13.7. The number of fused-ring (bicyclic) bond motifs is 3. The van der Waals surface area contributed by atoms with Crippen LogP contribution in [0.4, 0.5) is 4.79 Å². The lowest BCUT2D eigenvalue weighted by Crippen LogP contribution is -2.67. The van der Waals surface area contributed by atoms with Crippen molar-refractivity contribution in [3.05, 3.63) is 0 Å². The van der Waals surface area contributed by atoms with Gasteiger partial charge in [0, 0.05) is 25.2 Å². The molecule has 3 fully saturated rings. The van der Waals surface area contributed by atoms with Crippen molar-refractivity contribution in [2.75, 3.05) is 13.1 Å². The van der Waals surface area contributed by atoms with Gasteiger partial charge in [0.25, 0.3) is 0 Å². The van der Waals surface area contributed by atoms with E-state index in [0.29, 0.717) is 6.04 Å². The summed E-state index contributed by atoms with van der Waals surface area (Å²) in [7, 11) is 0. The van der Waals surface area contributed by atoms with Crippen LogP contribution in [0.15, 0.2) is 0 Å². The van der Waals surface area contributed by atoms with Gasteiger partial charge in [0.05, 0.1) is 0 Å². The summed E-state index contributed by atoms with van der Waals surface area (Å²) in [6, 6.07) is 0.624. The number of carbonyl (C=O) groups is 2. The van der Waals surface area contributed by atoms with Gasteiger partial charge in [-0.25, -0.2) is 4.79 Å². The lowest BCUT2D eigenvalue weighted by Gasteiger charge is -2.48. The zero-order valence-electron chi connectivity index (χ0n) is 13.7. The van der Waals surface area contributed by atoms with Crippen molar-refractivity contribution in [3.63, 3.8) is 0 Å². The Morgan fingerprint density at radius 2 is 1.86 bits per heavy atom. The van der Waals surface area contributed by atoms with Gasteiger partial charge < -0.3 is 20.3 Å². The average Bonchev–Trinajstić information content (AvgIpc) is 2.36. The maximum atomic E-state index is 12.7. The SMILES string of the molecule is CC(C)(C)OC(=O)NC(C)(C)C(=O)N1CC2CCC1CN2. The predicted octanol–water partition coefficient (Wildman–Crippen LogP) is 1.25. The Morgan fingerprint density at radius 1 is 1.19 bits per heavy atom. The van der Waals surface area contributed by atoms with Crippen molar-refractivity contribution in [1.29, 1.82) is 0 Å². The first-order valence-electron chi connectivity index (χ1n) is 7.64. The number of hydrogen-bond donors (Lipinski definition) is 2. The van der Waals surface area contributed by atoms with E-state index in [4.69, 9.17) is 4.74 Å². The van der Waals surface area contributed by atoms with Crippen LogP contribution in [0.5, 0.6) is 0 Å². The first-order chi connectivity index (χ1) is 9.58. The summed E-state index contributed by atoms with van der Waals surface area (Å²) in [6.07, 6.45) is 1.60. The number of nitrogens with one attached hydrogen (secondary N) is 2. The van der Waals surface area contributed by atoms with Crippen LogP contribution < -0.4 is 10.6 Å². The van der Waals surface area contributed by atoms with Gasteiger partial charge in [-0.1, -0.05) is 0 Å². The smallest absolute Gasteiger partial charge is 0.408 e. The lowest BCUT2D eigenvalue weighted by atomic mass is 9.90. The van der Waals surface area contributed by atoms with E-state index in [1.807, 2.05) is 4.90 Å². The zero-order chi connectivity index (χ0) is 15.8. The molecule has 21 heavy (non-hydrogen) atoms. The quantitative estimate of drug-likeness (QED) is 0.805. The summed E-state index contributed by atoms with van der Waals surface area (Å²) in [5, 5.41) is 6.12. The summed E-state index contributed by atoms with van der Waals surface area (Å²) in [5.74, 6) is -0.0374. The summed E-state index contributed by atoms with van der Waals surface area (Å²) in [5.41, 5.74) is -1.53. The number of piperidine rings is 2. The minimum absolute atomic E-state index is 0.0374. The Hall–Kier alpha value is -1.30. The van der Waals surface area contributed by atoms with Crippen LogP contribution in [-0.2, 0) is 9.53 Å². The Balaban J connectivity index is 1.98. The summed E-state index contributed by atoms with van der Waals surface area (Å²) in [4.78, 5) is 26.5. The standard InChI is InChI=1S/C15H27N3O3/c1-14(2,3)21-13(20)17-15(4,5)12(19)18-9-10-6-7-11(18)8-16-10/h10-11,16H,6-9H2,1-5H3,(H,17,20). The highest BCUT2D eigenvalue weighted by atomic mass is 16.6. The van der Waals surface area contributed by atoms with Gasteiger partial charge in [-0.15, -0.1) is 0 Å². The fourth-order valence-corrected chi connectivity index (χ4v) is 2.93. The molecule has 2 unspecified atom stereocenters. The fraction of sp³-hybridized carbons (Fsp3) is 0.867. The van der Waals surface area contributed by atoms with Crippen molar-refractivity contribution in [1.82, 2.24) is 15.5 Å². The highest BCUT2D eigenvalue weighted by molar-refractivity contribution is 5.89. The first-order valence-corrected chi connectivity index (χ1v) is 7.64. The number of ether oxygens (including phenoxy) is 1. The molecule has 3 heterocycles. The molecule has 0 aromatic rings. The number of amides is 2. The van der Waals surface area contributed by atoms with Crippen LogP contribution >= 0.6 is 0 Å². The second-order valence-corrected chi connectivity index (χ2v) is 7.55. The minimum Gasteiger partial charge on any atom is -0.444 e. The Bertz CT molecular complexity index is 420. The summed E-state index contributed by atoms with van der Waals surface area (Å²) >= 11 is 0. The van der Waals surface area contributed by atoms with E-state index in [1.165, 1.54) is 0 Å². The van der Waals surface area contributed by atoms with Crippen LogP contribution in [0.1, 0.15) is 47.5 Å². The number of carbonyl (C=O) groups excluding carboxylic acids is 2. The normalized spacial score (nSPS) is 25.7. The molecule has 2 amide bonds. The first kappa shape index (κ1) is 16.1. The molecule has 3 saturated heterocycles. The molecule has 6 nitrogen and oxygen atoms in total. The molecule has 0 saturated carbocycles. The molecule has 0 aliphatic carbocycles. The molecule has 2 atom stereocenters. The third-order valence-corrected chi connectivity index (χ3v) is 3.96. The van der Waals surface area contributed by atoms with Gasteiger partial charge in [-0.05, 0) is 47.5 Å². The van der Waals surface area contributed by atoms with Crippen LogP contribution in [0.3, 0.4) is 0 Å². The third-order valence-electron chi connectivity index (χ3n) is 3.96.